The molecule has 1 aromatic rings. The van der Waals surface area contributed by atoms with Crippen LogP contribution in [0.5, 0.6) is 0 Å². The Balaban J connectivity index is 1.56. The van der Waals surface area contributed by atoms with E-state index >= 15 is 0 Å². The second-order valence-corrected chi connectivity index (χ2v) is 4.64. The smallest absolute Gasteiger partial charge is 0.237 e. The fraction of sp³-hybridized carbons (Fsp3) is 0.538. The Morgan fingerprint density at radius 1 is 1.47 bits per heavy atom. The molecule has 0 saturated carbocycles. The molecule has 1 aromatic heterocycles. The van der Waals surface area contributed by atoms with Crippen molar-refractivity contribution in [2.75, 3.05) is 25.0 Å². The lowest BCUT2D eigenvalue weighted by Gasteiger charge is -2.11. The zero-order valence-electron chi connectivity index (χ0n) is 10.8. The lowest BCUT2D eigenvalue weighted by molar-refractivity contribution is -0.122. The third-order valence-corrected chi connectivity index (χ3v) is 3.05. The van der Waals surface area contributed by atoms with E-state index < -0.39 is 6.10 Å². The van der Waals surface area contributed by atoms with E-state index in [4.69, 9.17) is 0 Å². The van der Waals surface area contributed by atoms with Crippen LogP contribution in [0.15, 0.2) is 24.4 Å². The summed E-state index contributed by atoms with van der Waals surface area (Å²) in [4.78, 5) is 15.9. The molecule has 104 valence electrons. The third-order valence-electron chi connectivity index (χ3n) is 3.05. The van der Waals surface area contributed by atoms with Gasteiger partial charge in [-0.3, -0.25) is 4.79 Å². The lowest BCUT2D eigenvalue weighted by atomic mass is 10.2. The zero-order chi connectivity index (χ0) is 13.5. The van der Waals surface area contributed by atoms with Gasteiger partial charge < -0.3 is 21.1 Å². The van der Waals surface area contributed by atoms with Crippen molar-refractivity contribution in [1.82, 2.24) is 15.6 Å². The summed E-state index contributed by atoms with van der Waals surface area (Å²) < 4.78 is 0. The number of hydrogen-bond acceptors (Lipinski definition) is 5. The summed E-state index contributed by atoms with van der Waals surface area (Å²) in [5, 5.41) is 18.3. The van der Waals surface area contributed by atoms with Gasteiger partial charge in [0, 0.05) is 25.8 Å². The van der Waals surface area contributed by atoms with Gasteiger partial charge in [0.2, 0.25) is 5.91 Å². The summed E-state index contributed by atoms with van der Waals surface area (Å²) in [6.07, 6.45) is 2.66. The number of β-amino-alcohol motifs (C(OH)–C–C–N with tert-alkyl or cyclic N) is 1. The van der Waals surface area contributed by atoms with Gasteiger partial charge in [-0.25, -0.2) is 4.98 Å². The number of aliphatic hydroxyl groups excluding tert-OH is 1. The molecule has 2 unspecified atom stereocenters. The first-order valence-corrected chi connectivity index (χ1v) is 6.60. The molecule has 19 heavy (non-hydrogen) atoms. The number of aliphatic hydroxyl groups is 1. The molecular formula is C13H20N4O2. The van der Waals surface area contributed by atoms with E-state index in [1.54, 1.807) is 6.20 Å². The fourth-order valence-electron chi connectivity index (χ4n) is 2.02. The highest BCUT2D eigenvalue weighted by Crippen LogP contribution is 2.05. The first-order chi connectivity index (χ1) is 9.25. The molecule has 1 amide bonds. The summed E-state index contributed by atoms with van der Waals surface area (Å²) in [6, 6.07) is 5.45. The summed E-state index contributed by atoms with van der Waals surface area (Å²) in [6.45, 7) is 1.88. The number of amides is 1. The van der Waals surface area contributed by atoms with Gasteiger partial charge in [-0.2, -0.15) is 0 Å². The Kier molecular flexibility index (Phi) is 5.11. The number of nitrogens with zero attached hydrogens (tertiary/aromatic N) is 1. The molecule has 0 aliphatic carbocycles. The van der Waals surface area contributed by atoms with E-state index in [1.807, 2.05) is 18.2 Å². The SMILES string of the molecule is O=C(NCCCNc1ccccn1)C1CC(O)CN1. The maximum absolute atomic E-state index is 11.7. The monoisotopic (exact) mass is 264 g/mol. The minimum atomic E-state index is -0.401. The van der Waals surface area contributed by atoms with Crippen molar-refractivity contribution in [2.24, 2.45) is 0 Å². The molecule has 6 nitrogen and oxygen atoms in total. The van der Waals surface area contributed by atoms with Gasteiger partial charge in [-0.1, -0.05) is 6.07 Å². The van der Waals surface area contributed by atoms with Gasteiger partial charge in [0.05, 0.1) is 12.1 Å². The molecule has 0 aromatic carbocycles. The van der Waals surface area contributed by atoms with E-state index in [2.05, 4.69) is 20.9 Å². The number of hydrogen-bond donors (Lipinski definition) is 4. The second-order valence-electron chi connectivity index (χ2n) is 4.64. The molecule has 2 atom stereocenters. The van der Waals surface area contributed by atoms with E-state index in [9.17, 15) is 9.90 Å². The minimum Gasteiger partial charge on any atom is -0.392 e. The number of nitrogens with one attached hydrogen (secondary N) is 3. The van der Waals surface area contributed by atoms with Crippen LogP contribution in [0.2, 0.25) is 0 Å². The first-order valence-electron chi connectivity index (χ1n) is 6.60. The van der Waals surface area contributed by atoms with Gasteiger partial charge >= 0.3 is 0 Å². The van der Waals surface area contributed by atoms with Crippen LogP contribution < -0.4 is 16.0 Å². The Morgan fingerprint density at radius 2 is 2.37 bits per heavy atom. The average Bonchev–Trinajstić information content (AvgIpc) is 2.86. The maximum Gasteiger partial charge on any atom is 0.237 e. The van der Waals surface area contributed by atoms with Gasteiger partial charge in [-0.15, -0.1) is 0 Å². The van der Waals surface area contributed by atoms with Gasteiger partial charge in [0.25, 0.3) is 0 Å². The van der Waals surface area contributed by atoms with Crippen LogP contribution in [-0.2, 0) is 4.79 Å². The summed E-state index contributed by atoms with van der Waals surface area (Å²) >= 11 is 0. The molecule has 2 heterocycles. The molecule has 0 radical (unpaired) electrons. The minimum absolute atomic E-state index is 0.0330. The van der Waals surface area contributed by atoms with E-state index in [1.165, 1.54) is 0 Å². The summed E-state index contributed by atoms with van der Waals surface area (Å²) in [7, 11) is 0. The molecule has 0 bridgehead atoms. The summed E-state index contributed by atoms with van der Waals surface area (Å²) in [5.41, 5.74) is 0. The highest BCUT2D eigenvalue weighted by atomic mass is 16.3. The van der Waals surface area contributed by atoms with Crippen LogP contribution in [0.25, 0.3) is 0 Å². The molecule has 2 rings (SSSR count). The van der Waals surface area contributed by atoms with E-state index in [0.29, 0.717) is 19.5 Å². The number of pyridine rings is 1. The van der Waals surface area contributed by atoms with Crippen LogP contribution >= 0.6 is 0 Å². The standard InChI is InChI=1S/C13H20N4O2/c18-10-8-11(17-9-10)13(19)16-7-3-6-15-12-4-1-2-5-14-12/h1-2,4-5,10-11,17-18H,3,6-9H2,(H,14,15)(H,16,19). The van der Waals surface area contributed by atoms with Crippen molar-refractivity contribution in [3.05, 3.63) is 24.4 Å². The van der Waals surface area contributed by atoms with Crippen LogP contribution in [0.1, 0.15) is 12.8 Å². The highest BCUT2D eigenvalue weighted by molar-refractivity contribution is 5.82. The van der Waals surface area contributed by atoms with Crippen LogP contribution in [0.4, 0.5) is 5.82 Å². The van der Waals surface area contributed by atoms with Crippen molar-refractivity contribution < 1.29 is 9.90 Å². The van der Waals surface area contributed by atoms with Crippen LogP contribution in [-0.4, -0.2) is 47.8 Å². The van der Waals surface area contributed by atoms with Gasteiger partial charge in [0.1, 0.15) is 5.82 Å². The number of carbonyl (C=O) groups excluding carboxylic acids is 1. The van der Waals surface area contributed by atoms with E-state index in [0.717, 1.165) is 18.8 Å². The molecule has 1 aliphatic rings. The molecule has 6 heteroatoms. The van der Waals surface area contributed by atoms with Crippen LogP contribution in [0, 0.1) is 0 Å². The second kappa shape index (κ2) is 7.06. The van der Waals surface area contributed by atoms with Gasteiger partial charge in [-0.05, 0) is 25.0 Å². The van der Waals surface area contributed by atoms with Crippen LogP contribution in [0.3, 0.4) is 0 Å². The van der Waals surface area contributed by atoms with Crippen molar-refractivity contribution in [3.8, 4) is 0 Å². The number of carbonyl (C=O) groups is 1. The Hall–Kier alpha value is -1.66. The summed E-state index contributed by atoms with van der Waals surface area (Å²) in [5.74, 6) is 0.809. The number of anilines is 1. The highest BCUT2D eigenvalue weighted by Gasteiger charge is 2.27. The predicted octanol–water partition coefficient (Wildman–Crippen LogP) is -0.277. The topological polar surface area (TPSA) is 86.3 Å². The van der Waals surface area contributed by atoms with Gasteiger partial charge in [0.15, 0.2) is 0 Å². The van der Waals surface area contributed by atoms with Crippen molar-refractivity contribution >= 4 is 11.7 Å². The lowest BCUT2D eigenvalue weighted by Crippen LogP contribution is -2.41. The molecule has 4 N–H and O–H groups in total. The molecule has 0 spiro atoms. The Morgan fingerprint density at radius 3 is 3.05 bits per heavy atom. The Bertz CT molecular complexity index is 399. The normalized spacial score (nSPS) is 22.2. The third kappa shape index (κ3) is 4.50. The zero-order valence-corrected chi connectivity index (χ0v) is 10.8. The Labute approximate surface area is 112 Å². The number of rotatable bonds is 6. The van der Waals surface area contributed by atoms with E-state index in [-0.39, 0.29) is 11.9 Å². The molecule has 1 fully saturated rings. The molecule has 1 saturated heterocycles. The quantitative estimate of drug-likeness (QED) is 0.531. The average molecular weight is 264 g/mol. The maximum atomic E-state index is 11.7. The first kappa shape index (κ1) is 13.8. The van der Waals surface area contributed by atoms with Crippen molar-refractivity contribution in [2.45, 2.75) is 25.0 Å². The van der Waals surface area contributed by atoms with Crippen molar-refractivity contribution in [1.29, 1.82) is 0 Å². The molecule has 1 aliphatic heterocycles. The predicted molar refractivity (Wildman–Crippen MR) is 72.8 cm³/mol. The molecular weight excluding hydrogens is 244 g/mol. The number of aromatic nitrogens is 1. The van der Waals surface area contributed by atoms with Crippen molar-refractivity contribution in [3.63, 3.8) is 0 Å². The fourth-order valence-corrected chi connectivity index (χ4v) is 2.02. The largest absolute Gasteiger partial charge is 0.392 e.